The Morgan fingerprint density at radius 2 is 0.793 bits per heavy atom. The molecule has 11 aromatic carbocycles. The average Bonchev–Trinajstić information content (AvgIpc) is 3.85. The quantitative estimate of drug-likeness (QED) is 0.157. The summed E-state index contributed by atoms with van der Waals surface area (Å²) in [6, 6.07) is 72.7. The maximum Gasteiger partial charge on any atom is 0.0434 e. The van der Waals surface area contributed by atoms with E-state index in [9.17, 15) is 0 Å². The molecule has 13 aromatic rings. The van der Waals surface area contributed by atoms with Gasteiger partial charge in [0.2, 0.25) is 0 Å². The lowest BCUT2D eigenvalue weighted by Crippen LogP contribution is -1.93. The molecule has 2 heteroatoms. The second-order valence-corrected chi connectivity index (χ2v) is 17.6. The molecule has 0 spiro atoms. The van der Waals surface area contributed by atoms with Crippen molar-refractivity contribution < 1.29 is 0 Å². The van der Waals surface area contributed by atoms with E-state index in [0.717, 1.165) is 0 Å². The molecule has 0 nitrogen and oxygen atoms in total. The molecule has 0 N–H and O–H groups in total. The van der Waals surface area contributed by atoms with Crippen molar-refractivity contribution in [2.45, 2.75) is 0 Å². The summed E-state index contributed by atoms with van der Waals surface area (Å²) < 4.78 is 5.40. The number of hydrogen-bond acceptors (Lipinski definition) is 2. The van der Waals surface area contributed by atoms with Gasteiger partial charge in [-0.1, -0.05) is 164 Å². The molecule has 0 aliphatic carbocycles. The van der Waals surface area contributed by atoms with Gasteiger partial charge < -0.3 is 0 Å². The van der Waals surface area contributed by atoms with Crippen LogP contribution in [0.4, 0.5) is 0 Å². The molecular weight excluding hydrogens is 737 g/mol. The van der Waals surface area contributed by atoms with Gasteiger partial charge in [0.1, 0.15) is 0 Å². The van der Waals surface area contributed by atoms with E-state index >= 15 is 0 Å². The molecule has 0 saturated carbocycles. The zero-order valence-electron chi connectivity index (χ0n) is 31.3. The van der Waals surface area contributed by atoms with E-state index in [1.54, 1.807) is 0 Å². The molecule has 0 radical (unpaired) electrons. The summed E-state index contributed by atoms with van der Waals surface area (Å²) in [6.45, 7) is 0. The Morgan fingerprint density at radius 1 is 0.241 bits per heavy atom. The monoisotopic (exact) mass is 768 g/mol. The van der Waals surface area contributed by atoms with E-state index in [4.69, 9.17) is 0 Å². The fraction of sp³-hybridized carbons (Fsp3) is 0. The number of benzene rings is 11. The van der Waals surface area contributed by atoms with E-state index in [2.05, 4.69) is 194 Å². The lowest BCUT2D eigenvalue weighted by Gasteiger charge is -2.20. The molecule has 0 aliphatic heterocycles. The summed E-state index contributed by atoms with van der Waals surface area (Å²) in [5.74, 6) is 0. The molecule has 0 saturated heterocycles. The summed E-state index contributed by atoms with van der Waals surface area (Å²) >= 11 is 3.81. The van der Waals surface area contributed by atoms with Gasteiger partial charge in [-0.15, -0.1) is 22.7 Å². The fourth-order valence-electron chi connectivity index (χ4n) is 9.87. The summed E-state index contributed by atoms with van der Waals surface area (Å²) in [4.78, 5) is 0. The van der Waals surface area contributed by atoms with Crippen LogP contribution in [0.15, 0.2) is 194 Å². The van der Waals surface area contributed by atoms with Gasteiger partial charge in [-0.25, -0.2) is 0 Å². The lowest BCUT2D eigenvalue weighted by molar-refractivity contribution is 1.67. The van der Waals surface area contributed by atoms with E-state index in [0.29, 0.717) is 0 Å². The highest BCUT2D eigenvalue weighted by molar-refractivity contribution is 7.27. The molecule has 268 valence electrons. The predicted molar refractivity (Wildman–Crippen MR) is 256 cm³/mol. The second kappa shape index (κ2) is 12.3. The molecule has 2 heterocycles. The molecular formula is C56H32S2. The van der Waals surface area contributed by atoms with Crippen molar-refractivity contribution in [1.82, 2.24) is 0 Å². The Morgan fingerprint density at radius 3 is 1.53 bits per heavy atom. The first kappa shape index (κ1) is 32.3. The first-order valence-corrected chi connectivity index (χ1v) is 21.5. The molecule has 58 heavy (non-hydrogen) atoms. The van der Waals surface area contributed by atoms with Gasteiger partial charge in [-0.3, -0.25) is 0 Å². The van der Waals surface area contributed by atoms with Gasteiger partial charge >= 0.3 is 0 Å². The van der Waals surface area contributed by atoms with E-state index in [1.807, 2.05) is 22.7 Å². The molecule has 0 fully saturated rings. The smallest absolute Gasteiger partial charge is 0.0434 e. The van der Waals surface area contributed by atoms with Crippen LogP contribution >= 0.6 is 22.7 Å². The highest BCUT2D eigenvalue weighted by Gasteiger charge is 2.20. The van der Waals surface area contributed by atoms with Crippen LogP contribution in [-0.4, -0.2) is 0 Å². The van der Waals surface area contributed by atoms with Crippen molar-refractivity contribution in [3.8, 4) is 33.4 Å². The highest BCUT2D eigenvalue weighted by Crippen LogP contribution is 2.49. The van der Waals surface area contributed by atoms with Crippen LogP contribution in [-0.2, 0) is 0 Å². The van der Waals surface area contributed by atoms with Crippen LogP contribution in [0.1, 0.15) is 0 Å². The van der Waals surface area contributed by atoms with Crippen molar-refractivity contribution in [2.75, 3.05) is 0 Å². The topological polar surface area (TPSA) is 0 Å². The molecule has 0 amide bonds. The van der Waals surface area contributed by atoms with Gasteiger partial charge in [-0.2, -0.15) is 0 Å². The van der Waals surface area contributed by atoms with Crippen LogP contribution in [0.3, 0.4) is 0 Å². The van der Waals surface area contributed by atoms with Crippen LogP contribution in [0.25, 0.3) is 128 Å². The minimum atomic E-state index is 1.25. The van der Waals surface area contributed by atoms with Crippen molar-refractivity contribution in [2.24, 2.45) is 0 Å². The molecule has 0 unspecified atom stereocenters. The second-order valence-electron chi connectivity index (χ2n) is 15.5. The Bertz CT molecular complexity index is 3800. The van der Waals surface area contributed by atoms with Crippen LogP contribution in [0.2, 0.25) is 0 Å². The SMILES string of the molecule is c1ccc2c(-c3c4ccccc4c(-c4ccc(-c5ccc6sc7c8cc9c(cc8ccc7c6c5)sc5ccccc59)c5ccccc45)c4ccccc34)cccc2c1. The summed E-state index contributed by atoms with van der Waals surface area (Å²) in [5, 5.41) is 18.2. The van der Waals surface area contributed by atoms with Gasteiger partial charge in [-0.05, 0) is 112 Å². The fourth-order valence-corrected chi connectivity index (χ4v) is 12.2. The Hall–Kier alpha value is -6.84. The minimum absolute atomic E-state index is 1.25. The standard InChI is InChI=1S/C56H32S2/c1-2-14-36-33(12-1)13-11-22-41(36)54-42-18-5-7-20-44(42)55(45-21-8-6-19-43(45)54)46-28-27-37(38-15-3-4-16-39(38)46)34-25-29-52-49(30-34)47-26-24-35-31-53-50(32-48(35)56(47)58-52)40-17-9-10-23-51(40)57-53/h1-32H. The van der Waals surface area contributed by atoms with Gasteiger partial charge in [0, 0.05) is 45.7 Å². The van der Waals surface area contributed by atoms with Gasteiger partial charge in [0.25, 0.3) is 0 Å². The summed E-state index contributed by atoms with van der Waals surface area (Å²) in [6.07, 6.45) is 0. The maximum absolute atomic E-state index is 2.44. The zero-order valence-corrected chi connectivity index (χ0v) is 32.9. The van der Waals surface area contributed by atoms with Crippen LogP contribution < -0.4 is 0 Å². The summed E-state index contributed by atoms with van der Waals surface area (Å²) in [5.41, 5.74) is 7.62. The maximum atomic E-state index is 2.44. The van der Waals surface area contributed by atoms with Crippen molar-refractivity contribution in [1.29, 1.82) is 0 Å². The van der Waals surface area contributed by atoms with E-state index < -0.39 is 0 Å². The first-order chi connectivity index (χ1) is 28.8. The third-order valence-corrected chi connectivity index (χ3v) is 14.8. The number of fused-ring (bicyclic) bond motifs is 12. The zero-order chi connectivity index (χ0) is 37.9. The summed E-state index contributed by atoms with van der Waals surface area (Å²) in [7, 11) is 0. The number of hydrogen-bond donors (Lipinski definition) is 0. The Balaban J connectivity index is 1.02. The lowest BCUT2D eigenvalue weighted by atomic mass is 9.83. The van der Waals surface area contributed by atoms with Crippen molar-refractivity contribution in [3.63, 3.8) is 0 Å². The van der Waals surface area contributed by atoms with Crippen molar-refractivity contribution >= 4 is 117 Å². The number of rotatable bonds is 3. The molecule has 0 atom stereocenters. The normalized spacial score (nSPS) is 12.1. The average molecular weight is 769 g/mol. The third kappa shape index (κ3) is 4.62. The van der Waals surface area contributed by atoms with Gasteiger partial charge in [0.15, 0.2) is 0 Å². The Kier molecular flexibility index (Phi) is 6.86. The van der Waals surface area contributed by atoms with Crippen molar-refractivity contribution in [3.05, 3.63) is 194 Å². The largest absolute Gasteiger partial charge is 0.135 e. The van der Waals surface area contributed by atoms with Crippen LogP contribution in [0.5, 0.6) is 0 Å². The Labute approximate surface area is 342 Å². The predicted octanol–water partition coefficient (Wildman–Crippen LogP) is 17.2. The van der Waals surface area contributed by atoms with Crippen LogP contribution in [0, 0.1) is 0 Å². The molecule has 2 aromatic heterocycles. The molecule has 0 bridgehead atoms. The van der Waals surface area contributed by atoms with Gasteiger partial charge in [0.05, 0.1) is 0 Å². The number of thiophene rings is 2. The highest BCUT2D eigenvalue weighted by atomic mass is 32.1. The molecule has 13 rings (SSSR count). The third-order valence-electron chi connectivity index (χ3n) is 12.4. The van der Waals surface area contributed by atoms with E-state index in [-0.39, 0.29) is 0 Å². The first-order valence-electron chi connectivity index (χ1n) is 19.9. The minimum Gasteiger partial charge on any atom is -0.135 e. The molecule has 0 aliphatic rings. The van der Waals surface area contributed by atoms with E-state index in [1.165, 1.54) is 128 Å².